The number of benzene rings is 1. The first-order valence-electron chi connectivity index (χ1n) is 6.92. The van der Waals surface area contributed by atoms with E-state index in [2.05, 4.69) is 12.2 Å². The van der Waals surface area contributed by atoms with Crippen LogP contribution in [0.2, 0.25) is 0 Å². The van der Waals surface area contributed by atoms with Crippen molar-refractivity contribution in [2.45, 2.75) is 25.8 Å². The minimum absolute atomic E-state index is 0.0388. The Labute approximate surface area is 119 Å². The standard InChI is InChI=1S/C15H23F2NO2/c1-3-7-18-13(11-20-9-8-19-2)10-12-5-4-6-14(16)15(12)17/h4-6,13,18H,3,7-11H2,1-2H3. The number of halogens is 2. The number of hydrogen-bond acceptors (Lipinski definition) is 3. The average molecular weight is 287 g/mol. The van der Waals surface area contributed by atoms with Crippen LogP contribution in [0.5, 0.6) is 0 Å². The van der Waals surface area contributed by atoms with Gasteiger partial charge in [0.05, 0.1) is 19.8 Å². The summed E-state index contributed by atoms with van der Waals surface area (Å²) in [5.41, 5.74) is 0.369. The summed E-state index contributed by atoms with van der Waals surface area (Å²) in [6, 6.07) is 4.22. The Morgan fingerprint density at radius 1 is 1.25 bits per heavy atom. The quantitative estimate of drug-likeness (QED) is 0.671. The van der Waals surface area contributed by atoms with Gasteiger partial charge in [0.2, 0.25) is 0 Å². The maximum atomic E-state index is 13.7. The Kier molecular flexibility index (Phi) is 8.34. The Morgan fingerprint density at radius 3 is 2.75 bits per heavy atom. The van der Waals surface area contributed by atoms with E-state index in [1.54, 1.807) is 13.2 Å². The Hall–Kier alpha value is -1.04. The van der Waals surface area contributed by atoms with Crippen molar-refractivity contribution >= 4 is 0 Å². The summed E-state index contributed by atoms with van der Waals surface area (Å²) in [5.74, 6) is -1.58. The molecule has 0 saturated carbocycles. The van der Waals surface area contributed by atoms with Crippen LogP contribution in [0.4, 0.5) is 8.78 Å². The number of methoxy groups -OCH3 is 1. The second-order valence-corrected chi connectivity index (χ2v) is 4.64. The lowest BCUT2D eigenvalue weighted by molar-refractivity contribution is 0.0586. The fourth-order valence-corrected chi connectivity index (χ4v) is 1.88. The maximum absolute atomic E-state index is 13.7. The SMILES string of the molecule is CCCNC(COCCOC)Cc1cccc(F)c1F. The molecule has 1 N–H and O–H groups in total. The molecular weight excluding hydrogens is 264 g/mol. The third-order valence-electron chi connectivity index (χ3n) is 2.93. The van der Waals surface area contributed by atoms with Crippen LogP contribution in [0.15, 0.2) is 18.2 Å². The lowest BCUT2D eigenvalue weighted by Crippen LogP contribution is -2.36. The van der Waals surface area contributed by atoms with Crippen LogP contribution in [-0.4, -0.2) is 39.5 Å². The van der Waals surface area contributed by atoms with Crippen LogP contribution in [0, 0.1) is 11.6 Å². The predicted molar refractivity (Wildman–Crippen MR) is 74.8 cm³/mol. The normalized spacial score (nSPS) is 12.6. The van der Waals surface area contributed by atoms with E-state index in [0.29, 0.717) is 31.8 Å². The van der Waals surface area contributed by atoms with Gasteiger partial charge < -0.3 is 14.8 Å². The van der Waals surface area contributed by atoms with Gasteiger partial charge in [0.1, 0.15) is 0 Å². The highest BCUT2D eigenvalue weighted by Gasteiger charge is 2.14. The molecule has 0 saturated heterocycles. The van der Waals surface area contributed by atoms with Gasteiger partial charge in [-0.05, 0) is 31.0 Å². The zero-order valence-corrected chi connectivity index (χ0v) is 12.1. The smallest absolute Gasteiger partial charge is 0.162 e. The second-order valence-electron chi connectivity index (χ2n) is 4.64. The van der Waals surface area contributed by atoms with E-state index in [-0.39, 0.29) is 6.04 Å². The molecule has 0 bridgehead atoms. The van der Waals surface area contributed by atoms with Gasteiger partial charge in [0, 0.05) is 13.2 Å². The molecule has 0 heterocycles. The van der Waals surface area contributed by atoms with Crippen LogP contribution >= 0.6 is 0 Å². The molecule has 114 valence electrons. The van der Waals surface area contributed by atoms with Gasteiger partial charge in [-0.1, -0.05) is 19.1 Å². The molecule has 3 nitrogen and oxygen atoms in total. The molecule has 0 aliphatic rings. The fraction of sp³-hybridized carbons (Fsp3) is 0.600. The third-order valence-corrected chi connectivity index (χ3v) is 2.93. The highest BCUT2D eigenvalue weighted by molar-refractivity contribution is 5.20. The van der Waals surface area contributed by atoms with Crippen LogP contribution in [-0.2, 0) is 15.9 Å². The number of hydrogen-bond donors (Lipinski definition) is 1. The molecule has 0 radical (unpaired) electrons. The van der Waals surface area contributed by atoms with Crippen LogP contribution < -0.4 is 5.32 Å². The molecule has 1 aromatic rings. The lowest BCUT2D eigenvalue weighted by Gasteiger charge is -2.19. The van der Waals surface area contributed by atoms with Crippen LogP contribution in [0.3, 0.4) is 0 Å². The van der Waals surface area contributed by atoms with Gasteiger partial charge in [-0.25, -0.2) is 8.78 Å². The van der Waals surface area contributed by atoms with Crippen LogP contribution in [0.1, 0.15) is 18.9 Å². The predicted octanol–water partition coefficient (Wildman–Crippen LogP) is 2.54. The zero-order chi connectivity index (χ0) is 14.8. The monoisotopic (exact) mass is 287 g/mol. The molecule has 1 aromatic carbocycles. The van der Waals surface area contributed by atoms with E-state index < -0.39 is 11.6 Å². The zero-order valence-electron chi connectivity index (χ0n) is 12.1. The highest BCUT2D eigenvalue weighted by atomic mass is 19.2. The van der Waals surface area contributed by atoms with Crippen molar-refractivity contribution in [2.75, 3.05) is 33.5 Å². The number of ether oxygens (including phenoxy) is 2. The first-order valence-corrected chi connectivity index (χ1v) is 6.92. The topological polar surface area (TPSA) is 30.5 Å². The van der Waals surface area contributed by atoms with E-state index in [1.165, 1.54) is 6.07 Å². The van der Waals surface area contributed by atoms with Gasteiger partial charge in [-0.3, -0.25) is 0 Å². The molecule has 0 aliphatic heterocycles. The average Bonchev–Trinajstić information content (AvgIpc) is 2.45. The maximum Gasteiger partial charge on any atom is 0.162 e. The molecule has 0 aromatic heterocycles. The van der Waals surface area contributed by atoms with E-state index in [9.17, 15) is 8.78 Å². The van der Waals surface area contributed by atoms with Gasteiger partial charge in [-0.2, -0.15) is 0 Å². The van der Waals surface area contributed by atoms with Crippen molar-refractivity contribution in [3.63, 3.8) is 0 Å². The lowest BCUT2D eigenvalue weighted by atomic mass is 10.1. The van der Waals surface area contributed by atoms with Crippen LogP contribution in [0.25, 0.3) is 0 Å². The van der Waals surface area contributed by atoms with Crippen molar-refractivity contribution in [1.29, 1.82) is 0 Å². The highest BCUT2D eigenvalue weighted by Crippen LogP contribution is 2.13. The Bertz CT molecular complexity index is 388. The number of rotatable bonds is 10. The Balaban J connectivity index is 2.56. The second kappa shape index (κ2) is 9.80. The summed E-state index contributed by atoms with van der Waals surface area (Å²) >= 11 is 0. The summed E-state index contributed by atoms with van der Waals surface area (Å²) in [7, 11) is 1.61. The first-order chi connectivity index (χ1) is 9.69. The molecule has 1 unspecified atom stereocenters. The largest absolute Gasteiger partial charge is 0.382 e. The minimum atomic E-state index is -0.808. The van der Waals surface area contributed by atoms with Gasteiger partial charge in [0.15, 0.2) is 11.6 Å². The van der Waals surface area contributed by atoms with Gasteiger partial charge >= 0.3 is 0 Å². The van der Waals surface area contributed by atoms with Crippen molar-refractivity contribution in [3.05, 3.63) is 35.4 Å². The van der Waals surface area contributed by atoms with Crippen molar-refractivity contribution in [3.8, 4) is 0 Å². The molecular formula is C15H23F2NO2. The molecule has 5 heteroatoms. The molecule has 0 fully saturated rings. The molecule has 0 aliphatic carbocycles. The molecule has 1 atom stereocenters. The van der Waals surface area contributed by atoms with E-state index in [0.717, 1.165) is 19.0 Å². The molecule has 0 spiro atoms. The number of nitrogens with one attached hydrogen (secondary N) is 1. The van der Waals surface area contributed by atoms with E-state index in [1.807, 2.05) is 0 Å². The van der Waals surface area contributed by atoms with Gasteiger partial charge in [0.25, 0.3) is 0 Å². The molecule has 0 amide bonds. The first kappa shape index (κ1) is 17.0. The van der Waals surface area contributed by atoms with E-state index in [4.69, 9.17) is 9.47 Å². The van der Waals surface area contributed by atoms with Crippen molar-refractivity contribution in [2.24, 2.45) is 0 Å². The fourth-order valence-electron chi connectivity index (χ4n) is 1.88. The summed E-state index contributed by atoms with van der Waals surface area (Å²) in [5, 5.41) is 3.29. The molecule has 1 rings (SSSR count). The molecule has 20 heavy (non-hydrogen) atoms. The summed E-state index contributed by atoms with van der Waals surface area (Å²) in [4.78, 5) is 0. The van der Waals surface area contributed by atoms with Gasteiger partial charge in [-0.15, -0.1) is 0 Å². The summed E-state index contributed by atoms with van der Waals surface area (Å²) < 4.78 is 37.2. The third kappa shape index (κ3) is 5.94. The Morgan fingerprint density at radius 2 is 2.05 bits per heavy atom. The van der Waals surface area contributed by atoms with E-state index >= 15 is 0 Å². The van der Waals surface area contributed by atoms with Crippen molar-refractivity contribution < 1.29 is 18.3 Å². The minimum Gasteiger partial charge on any atom is -0.382 e. The van der Waals surface area contributed by atoms with Crippen molar-refractivity contribution in [1.82, 2.24) is 5.32 Å². The summed E-state index contributed by atoms with van der Waals surface area (Å²) in [6.45, 7) is 4.33. The summed E-state index contributed by atoms with van der Waals surface area (Å²) in [6.07, 6.45) is 1.37.